The molecule has 3 N–H and O–H groups in total. The van der Waals surface area contributed by atoms with Crippen LogP contribution >= 0.6 is 0 Å². The van der Waals surface area contributed by atoms with Crippen molar-refractivity contribution in [1.29, 1.82) is 5.26 Å². The minimum Gasteiger partial charge on any atom is -0.369 e. The fraction of sp³-hybridized carbons (Fsp3) is 0.261. The molecular weight excluding hydrogens is 392 g/mol. The molecule has 3 rings (SSSR count). The Morgan fingerprint density at radius 1 is 0.903 bits per heavy atom. The zero-order valence-electron chi connectivity index (χ0n) is 17.7. The van der Waals surface area contributed by atoms with Gasteiger partial charge >= 0.3 is 0 Å². The van der Waals surface area contributed by atoms with E-state index in [1.807, 2.05) is 30.3 Å². The van der Waals surface area contributed by atoms with Gasteiger partial charge in [0.05, 0.1) is 0 Å². The first kappa shape index (κ1) is 21.9. The third-order valence-electron chi connectivity index (χ3n) is 4.95. The maximum Gasteiger partial charge on any atom is 0.267 e. The van der Waals surface area contributed by atoms with Gasteiger partial charge in [-0.25, -0.2) is 0 Å². The van der Waals surface area contributed by atoms with E-state index in [0.717, 1.165) is 37.6 Å². The molecule has 1 fully saturated rings. The molecule has 0 aromatic heterocycles. The quantitative estimate of drug-likeness (QED) is 0.493. The lowest BCUT2D eigenvalue weighted by molar-refractivity contribution is -0.114. The fourth-order valence-electron chi connectivity index (χ4n) is 3.18. The van der Waals surface area contributed by atoms with Crippen molar-refractivity contribution in [3.8, 4) is 6.07 Å². The van der Waals surface area contributed by atoms with E-state index in [4.69, 9.17) is 0 Å². The van der Waals surface area contributed by atoms with Gasteiger partial charge in [-0.3, -0.25) is 9.59 Å². The summed E-state index contributed by atoms with van der Waals surface area (Å²) < 4.78 is 0. The molecule has 1 heterocycles. The molecule has 1 aliphatic rings. The van der Waals surface area contributed by atoms with E-state index in [2.05, 4.69) is 32.8 Å². The van der Waals surface area contributed by atoms with Gasteiger partial charge < -0.3 is 25.8 Å². The van der Waals surface area contributed by atoms with Gasteiger partial charge in [0, 0.05) is 62.1 Å². The van der Waals surface area contributed by atoms with Crippen LogP contribution < -0.4 is 20.9 Å². The first-order valence-electron chi connectivity index (χ1n) is 10.0. The Morgan fingerprint density at radius 2 is 1.45 bits per heavy atom. The molecule has 0 aliphatic carbocycles. The average molecular weight is 419 g/mol. The van der Waals surface area contributed by atoms with Crippen molar-refractivity contribution in [2.45, 2.75) is 6.92 Å². The zero-order valence-corrected chi connectivity index (χ0v) is 17.7. The van der Waals surface area contributed by atoms with E-state index in [1.54, 1.807) is 24.3 Å². The van der Waals surface area contributed by atoms with Crippen LogP contribution in [-0.4, -0.2) is 49.9 Å². The van der Waals surface area contributed by atoms with Gasteiger partial charge in [-0.15, -0.1) is 0 Å². The number of carbonyl (C=O) groups is 2. The van der Waals surface area contributed by atoms with Crippen molar-refractivity contribution >= 4 is 34.6 Å². The maximum atomic E-state index is 12.4. The van der Waals surface area contributed by atoms with E-state index < -0.39 is 5.91 Å². The molecule has 1 saturated heterocycles. The third-order valence-corrected chi connectivity index (χ3v) is 4.95. The molecule has 0 spiro atoms. The SMILES string of the molecule is CC(=O)Nc1ccc(NC(=O)/C(C#N)=C\Nc2ccc(N3CCN(C)CC3)cc2)cc1. The molecular formula is C23H26N6O2. The number of rotatable bonds is 6. The molecule has 31 heavy (non-hydrogen) atoms. The highest BCUT2D eigenvalue weighted by molar-refractivity contribution is 6.06. The normalized spacial score (nSPS) is 14.5. The highest BCUT2D eigenvalue weighted by Gasteiger charge is 2.14. The van der Waals surface area contributed by atoms with Gasteiger partial charge in [-0.2, -0.15) is 5.26 Å². The van der Waals surface area contributed by atoms with Gasteiger partial charge in [0.2, 0.25) is 5.91 Å². The standard InChI is InChI=1S/C23H26N6O2/c1-17(30)26-20-3-5-21(6-4-20)27-23(31)18(15-24)16-25-19-7-9-22(10-8-19)29-13-11-28(2)12-14-29/h3-10,16,25H,11-14H2,1-2H3,(H,26,30)(H,27,31)/b18-16-. The van der Waals surface area contributed by atoms with Gasteiger partial charge in [0.1, 0.15) is 11.6 Å². The summed E-state index contributed by atoms with van der Waals surface area (Å²) in [5.74, 6) is -0.689. The van der Waals surface area contributed by atoms with Crippen molar-refractivity contribution in [2.24, 2.45) is 0 Å². The van der Waals surface area contributed by atoms with Crippen LogP contribution in [0.2, 0.25) is 0 Å². The first-order valence-corrected chi connectivity index (χ1v) is 10.0. The Morgan fingerprint density at radius 3 is 2.00 bits per heavy atom. The highest BCUT2D eigenvalue weighted by atomic mass is 16.2. The summed E-state index contributed by atoms with van der Waals surface area (Å²) in [5.41, 5.74) is 3.05. The summed E-state index contributed by atoms with van der Waals surface area (Å²) in [6, 6.07) is 16.5. The largest absolute Gasteiger partial charge is 0.369 e. The Kier molecular flexibility index (Phi) is 7.25. The number of nitrogens with zero attached hydrogens (tertiary/aromatic N) is 3. The van der Waals surface area contributed by atoms with E-state index in [1.165, 1.54) is 13.1 Å². The topological polar surface area (TPSA) is 100 Å². The minimum absolute atomic E-state index is 0.0471. The van der Waals surface area contributed by atoms with Crippen molar-refractivity contribution in [3.05, 3.63) is 60.3 Å². The van der Waals surface area contributed by atoms with Crippen molar-refractivity contribution in [2.75, 3.05) is 54.1 Å². The molecule has 160 valence electrons. The summed E-state index contributed by atoms with van der Waals surface area (Å²) in [6.07, 6.45) is 1.39. The van der Waals surface area contributed by atoms with Crippen molar-refractivity contribution in [1.82, 2.24) is 4.90 Å². The number of amides is 2. The van der Waals surface area contributed by atoms with Crippen LogP contribution in [0.25, 0.3) is 0 Å². The lowest BCUT2D eigenvalue weighted by Gasteiger charge is -2.34. The number of piperazine rings is 1. The number of carbonyl (C=O) groups excluding carboxylic acids is 2. The predicted molar refractivity (Wildman–Crippen MR) is 123 cm³/mol. The van der Waals surface area contributed by atoms with E-state index >= 15 is 0 Å². The smallest absolute Gasteiger partial charge is 0.267 e. The van der Waals surface area contributed by atoms with Crippen molar-refractivity contribution < 1.29 is 9.59 Å². The molecule has 0 unspecified atom stereocenters. The highest BCUT2D eigenvalue weighted by Crippen LogP contribution is 2.20. The molecule has 8 nitrogen and oxygen atoms in total. The van der Waals surface area contributed by atoms with Gasteiger partial charge in [-0.1, -0.05) is 0 Å². The Bertz CT molecular complexity index is 984. The number of likely N-dealkylation sites (N-methyl/N-ethyl adjacent to an activating group) is 1. The van der Waals surface area contributed by atoms with Gasteiger partial charge in [0.15, 0.2) is 0 Å². The zero-order chi connectivity index (χ0) is 22.2. The van der Waals surface area contributed by atoms with Crippen LogP contribution in [0.15, 0.2) is 60.3 Å². The molecule has 2 amide bonds. The summed E-state index contributed by atoms with van der Waals surface area (Å²) in [5, 5.41) is 17.7. The van der Waals surface area contributed by atoms with E-state index in [9.17, 15) is 14.9 Å². The fourth-order valence-corrected chi connectivity index (χ4v) is 3.18. The molecule has 2 aromatic rings. The molecule has 1 aliphatic heterocycles. The van der Waals surface area contributed by atoms with Crippen LogP contribution in [-0.2, 0) is 9.59 Å². The summed E-state index contributed by atoms with van der Waals surface area (Å²) >= 11 is 0. The van der Waals surface area contributed by atoms with Gasteiger partial charge in [0.25, 0.3) is 5.91 Å². The van der Waals surface area contributed by atoms with Crippen LogP contribution in [0.3, 0.4) is 0 Å². The Labute approximate surface area is 182 Å². The number of anilines is 4. The number of hydrogen-bond acceptors (Lipinski definition) is 6. The monoisotopic (exact) mass is 418 g/mol. The van der Waals surface area contributed by atoms with Gasteiger partial charge in [-0.05, 0) is 55.6 Å². The number of nitrogens with one attached hydrogen (secondary N) is 3. The Balaban J connectivity index is 1.57. The predicted octanol–water partition coefficient (Wildman–Crippen LogP) is 2.85. The molecule has 0 bridgehead atoms. The van der Waals surface area contributed by atoms with E-state index in [-0.39, 0.29) is 11.5 Å². The van der Waals surface area contributed by atoms with Crippen LogP contribution in [0, 0.1) is 11.3 Å². The summed E-state index contributed by atoms with van der Waals surface area (Å²) in [6.45, 7) is 5.49. The lowest BCUT2D eigenvalue weighted by Crippen LogP contribution is -2.44. The molecule has 0 atom stereocenters. The number of nitriles is 1. The average Bonchev–Trinajstić information content (AvgIpc) is 2.76. The van der Waals surface area contributed by atoms with Crippen molar-refractivity contribution in [3.63, 3.8) is 0 Å². The van der Waals surface area contributed by atoms with Crippen LogP contribution in [0.4, 0.5) is 22.7 Å². The molecule has 8 heteroatoms. The minimum atomic E-state index is -0.517. The summed E-state index contributed by atoms with van der Waals surface area (Å²) in [4.78, 5) is 28.1. The molecule has 2 aromatic carbocycles. The van der Waals surface area contributed by atoms with E-state index in [0.29, 0.717) is 11.4 Å². The number of hydrogen-bond donors (Lipinski definition) is 3. The lowest BCUT2D eigenvalue weighted by atomic mass is 10.2. The second-order valence-corrected chi connectivity index (χ2v) is 7.36. The Hall–Kier alpha value is -3.83. The third kappa shape index (κ3) is 6.32. The second-order valence-electron chi connectivity index (χ2n) is 7.36. The molecule has 0 radical (unpaired) electrons. The first-order chi connectivity index (χ1) is 14.9. The summed E-state index contributed by atoms with van der Waals surface area (Å²) in [7, 11) is 2.13. The second kappa shape index (κ2) is 10.3. The van der Waals surface area contributed by atoms with Crippen LogP contribution in [0.5, 0.6) is 0 Å². The molecule has 0 saturated carbocycles. The maximum absolute atomic E-state index is 12.4. The van der Waals surface area contributed by atoms with Crippen LogP contribution in [0.1, 0.15) is 6.92 Å². The number of benzene rings is 2.